The van der Waals surface area contributed by atoms with Crippen molar-refractivity contribution in [1.82, 2.24) is 10.2 Å². The maximum absolute atomic E-state index is 11.9. The summed E-state index contributed by atoms with van der Waals surface area (Å²) >= 11 is 0. The third kappa shape index (κ3) is 14.0. The molecular weight excluding hydrogens is 414 g/mol. The summed E-state index contributed by atoms with van der Waals surface area (Å²) in [6, 6.07) is 7.62. The first kappa shape index (κ1) is 29.2. The molecule has 0 aliphatic rings. The zero-order valence-electron chi connectivity index (χ0n) is 19.6. The quantitative estimate of drug-likeness (QED) is 0.252. The summed E-state index contributed by atoms with van der Waals surface area (Å²) in [4.78, 5) is 27.4. The number of hydrogen-bond acceptors (Lipinski definition) is 4. The van der Waals surface area contributed by atoms with Gasteiger partial charge in [-0.1, -0.05) is 70.1 Å². The van der Waals surface area contributed by atoms with Gasteiger partial charge >= 0.3 is 6.09 Å². The monoisotopic (exact) mass is 455 g/mol. The van der Waals surface area contributed by atoms with Gasteiger partial charge in [-0.3, -0.25) is 4.79 Å². The molecular formula is C24H42ClN3O3. The van der Waals surface area contributed by atoms with Crippen molar-refractivity contribution in [2.24, 2.45) is 0 Å². The van der Waals surface area contributed by atoms with Crippen molar-refractivity contribution in [3.63, 3.8) is 0 Å². The van der Waals surface area contributed by atoms with Gasteiger partial charge in [-0.25, -0.2) is 4.79 Å². The van der Waals surface area contributed by atoms with E-state index in [4.69, 9.17) is 4.74 Å². The topological polar surface area (TPSA) is 61.9 Å². The number of hydrogen-bond donors (Lipinski definition) is 1. The molecule has 2 amide bonds. The van der Waals surface area contributed by atoms with Crippen LogP contribution < -0.4 is 10.2 Å². The normalized spacial score (nSPS) is 10.5. The summed E-state index contributed by atoms with van der Waals surface area (Å²) in [6.45, 7) is 4.56. The number of alkyl carbamates (subject to hydrolysis) is 1. The number of unbranched alkanes of at least 4 members (excludes halogenated alkanes) is 7. The Morgan fingerprint density at radius 3 is 2.26 bits per heavy atom. The van der Waals surface area contributed by atoms with E-state index in [1.807, 2.05) is 38.4 Å². The Kier molecular flexibility index (Phi) is 17.8. The molecule has 178 valence electrons. The van der Waals surface area contributed by atoms with Crippen LogP contribution in [0.4, 0.5) is 10.5 Å². The van der Waals surface area contributed by atoms with Crippen LogP contribution in [0.2, 0.25) is 0 Å². The van der Waals surface area contributed by atoms with Crippen molar-refractivity contribution >= 4 is 30.6 Å². The summed E-state index contributed by atoms with van der Waals surface area (Å²) in [7, 11) is 4.00. The second kappa shape index (κ2) is 18.9. The van der Waals surface area contributed by atoms with E-state index in [0.717, 1.165) is 43.5 Å². The van der Waals surface area contributed by atoms with Crippen LogP contribution in [-0.4, -0.2) is 51.1 Å². The molecule has 0 saturated carbocycles. The third-order valence-electron chi connectivity index (χ3n) is 5.09. The minimum atomic E-state index is -0.427. The SMILES string of the molecule is CCCCCCCCCCN(C=O)c1ccccc1COC(=O)NCCCN(C)C.Cl. The van der Waals surface area contributed by atoms with Crippen LogP contribution in [0.3, 0.4) is 0 Å². The molecule has 0 spiro atoms. The summed E-state index contributed by atoms with van der Waals surface area (Å²) < 4.78 is 5.35. The number of nitrogens with zero attached hydrogens (tertiary/aromatic N) is 2. The number of benzene rings is 1. The van der Waals surface area contributed by atoms with Crippen LogP contribution in [0.5, 0.6) is 0 Å². The van der Waals surface area contributed by atoms with Crippen molar-refractivity contribution in [2.75, 3.05) is 38.6 Å². The standard InChI is InChI=1S/C24H41N3O3.ClH/c1-4-5-6-7-8-9-10-13-19-27(21-28)23-16-12-11-15-22(23)20-30-24(29)25-17-14-18-26(2)3;/h11-12,15-16,21H,4-10,13-14,17-20H2,1-3H3,(H,25,29);1H. The second-order valence-corrected chi connectivity index (χ2v) is 8.06. The number of amides is 2. The van der Waals surface area contributed by atoms with Gasteiger partial charge in [0, 0.05) is 24.3 Å². The maximum atomic E-state index is 11.9. The molecule has 0 radical (unpaired) electrons. The Morgan fingerprint density at radius 2 is 1.61 bits per heavy atom. The molecule has 0 heterocycles. The average molecular weight is 456 g/mol. The van der Waals surface area contributed by atoms with E-state index < -0.39 is 6.09 Å². The van der Waals surface area contributed by atoms with Gasteiger partial charge in [0.15, 0.2) is 0 Å². The number of para-hydroxylation sites is 1. The Morgan fingerprint density at radius 1 is 0.968 bits per heavy atom. The smallest absolute Gasteiger partial charge is 0.407 e. The predicted molar refractivity (Wildman–Crippen MR) is 131 cm³/mol. The Hall–Kier alpha value is -1.79. The molecule has 6 nitrogen and oxygen atoms in total. The van der Waals surface area contributed by atoms with Crippen LogP contribution in [0.1, 0.15) is 70.3 Å². The third-order valence-corrected chi connectivity index (χ3v) is 5.09. The fourth-order valence-corrected chi connectivity index (χ4v) is 3.34. The van der Waals surface area contributed by atoms with Crippen molar-refractivity contribution < 1.29 is 14.3 Å². The molecule has 1 aromatic carbocycles. The van der Waals surface area contributed by atoms with Crippen LogP contribution in [0.15, 0.2) is 24.3 Å². The highest BCUT2D eigenvalue weighted by molar-refractivity contribution is 5.85. The maximum Gasteiger partial charge on any atom is 0.407 e. The van der Waals surface area contributed by atoms with Crippen molar-refractivity contribution in [2.45, 2.75) is 71.3 Å². The summed E-state index contributed by atoms with van der Waals surface area (Å²) in [5.41, 5.74) is 1.66. The lowest BCUT2D eigenvalue weighted by Gasteiger charge is -2.21. The molecule has 1 aromatic rings. The van der Waals surface area contributed by atoms with Gasteiger partial charge in [0.1, 0.15) is 6.61 Å². The molecule has 31 heavy (non-hydrogen) atoms. The first-order chi connectivity index (χ1) is 14.6. The van der Waals surface area contributed by atoms with Crippen molar-refractivity contribution in [3.8, 4) is 0 Å². The highest BCUT2D eigenvalue weighted by atomic mass is 35.5. The lowest BCUT2D eigenvalue weighted by Crippen LogP contribution is -2.28. The fraction of sp³-hybridized carbons (Fsp3) is 0.667. The van der Waals surface area contributed by atoms with Gasteiger partial charge in [0.05, 0.1) is 0 Å². The van der Waals surface area contributed by atoms with Crippen LogP contribution >= 0.6 is 12.4 Å². The highest BCUT2D eigenvalue weighted by Gasteiger charge is 2.12. The predicted octanol–water partition coefficient (Wildman–Crippen LogP) is 5.39. The van der Waals surface area contributed by atoms with Gasteiger partial charge < -0.3 is 19.9 Å². The van der Waals surface area contributed by atoms with E-state index in [1.54, 1.807) is 4.90 Å². The van der Waals surface area contributed by atoms with Gasteiger partial charge in [-0.15, -0.1) is 12.4 Å². The first-order valence-corrected chi connectivity index (χ1v) is 11.4. The molecule has 0 aromatic heterocycles. The minimum Gasteiger partial charge on any atom is -0.445 e. The molecule has 0 aliphatic carbocycles. The zero-order valence-corrected chi connectivity index (χ0v) is 20.4. The molecule has 0 atom stereocenters. The molecule has 1 rings (SSSR count). The Labute approximate surface area is 195 Å². The highest BCUT2D eigenvalue weighted by Crippen LogP contribution is 2.21. The van der Waals surface area contributed by atoms with Gasteiger partial charge in [-0.2, -0.15) is 0 Å². The Balaban J connectivity index is 0.00000900. The summed E-state index contributed by atoms with van der Waals surface area (Å²) in [5.74, 6) is 0. The van der Waals surface area contributed by atoms with E-state index in [2.05, 4.69) is 17.1 Å². The van der Waals surface area contributed by atoms with Crippen LogP contribution in [0.25, 0.3) is 0 Å². The van der Waals surface area contributed by atoms with E-state index in [-0.39, 0.29) is 19.0 Å². The summed E-state index contributed by atoms with van der Waals surface area (Å²) in [6.07, 6.45) is 11.2. The number of ether oxygens (including phenoxy) is 1. The van der Waals surface area contributed by atoms with Crippen LogP contribution in [0, 0.1) is 0 Å². The number of anilines is 1. The number of carbonyl (C=O) groups is 2. The summed E-state index contributed by atoms with van der Waals surface area (Å²) in [5, 5.41) is 2.77. The lowest BCUT2D eigenvalue weighted by molar-refractivity contribution is -0.107. The molecule has 7 heteroatoms. The van der Waals surface area contributed by atoms with E-state index in [0.29, 0.717) is 13.1 Å². The van der Waals surface area contributed by atoms with E-state index in [1.165, 1.54) is 38.5 Å². The first-order valence-electron chi connectivity index (χ1n) is 11.4. The van der Waals surface area contributed by atoms with Gasteiger partial charge in [0.2, 0.25) is 6.41 Å². The average Bonchev–Trinajstić information content (AvgIpc) is 2.74. The number of nitrogens with one attached hydrogen (secondary N) is 1. The minimum absolute atomic E-state index is 0. The van der Waals surface area contributed by atoms with E-state index in [9.17, 15) is 9.59 Å². The molecule has 0 bridgehead atoms. The zero-order chi connectivity index (χ0) is 22.0. The molecule has 0 unspecified atom stereocenters. The number of rotatable bonds is 17. The van der Waals surface area contributed by atoms with Crippen LogP contribution in [-0.2, 0) is 16.1 Å². The molecule has 0 saturated heterocycles. The van der Waals surface area contributed by atoms with Gasteiger partial charge in [-0.05, 0) is 39.5 Å². The fourth-order valence-electron chi connectivity index (χ4n) is 3.34. The lowest BCUT2D eigenvalue weighted by atomic mass is 10.1. The second-order valence-electron chi connectivity index (χ2n) is 8.06. The van der Waals surface area contributed by atoms with E-state index >= 15 is 0 Å². The number of carbonyl (C=O) groups excluding carboxylic acids is 2. The number of halogens is 1. The van der Waals surface area contributed by atoms with Gasteiger partial charge in [0.25, 0.3) is 0 Å². The molecule has 1 N–H and O–H groups in total. The van der Waals surface area contributed by atoms with Crippen molar-refractivity contribution in [3.05, 3.63) is 29.8 Å². The Bertz CT molecular complexity index is 599. The molecule has 0 fully saturated rings. The van der Waals surface area contributed by atoms with Crippen molar-refractivity contribution in [1.29, 1.82) is 0 Å². The largest absolute Gasteiger partial charge is 0.445 e. The molecule has 0 aliphatic heterocycles.